The molecule has 23 heavy (non-hydrogen) atoms. The largest absolute Gasteiger partial charge is 0.495 e. The molecule has 0 unspecified atom stereocenters. The van der Waals surface area contributed by atoms with E-state index in [-0.39, 0.29) is 18.1 Å². The Labute approximate surface area is 139 Å². The maximum absolute atomic E-state index is 12.8. The molecule has 1 N–H and O–H groups in total. The van der Waals surface area contributed by atoms with Gasteiger partial charge in [-0.1, -0.05) is 23.7 Å². The van der Waals surface area contributed by atoms with Crippen LogP contribution in [-0.4, -0.2) is 20.1 Å². The predicted octanol–water partition coefficient (Wildman–Crippen LogP) is 4.07. The minimum atomic E-state index is -0.295. The summed E-state index contributed by atoms with van der Waals surface area (Å²) in [5.41, 5.74) is 1.38. The molecular formula is C17H17ClFNO3. The van der Waals surface area contributed by atoms with Gasteiger partial charge in [0, 0.05) is 18.6 Å². The molecule has 0 aliphatic carbocycles. The van der Waals surface area contributed by atoms with Gasteiger partial charge >= 0.3 is 0 Å². The SMILES string of the molecule is COc1cc(NC(=O)CCc2ccc(F)cc2)c(OC)cc1Cl. The second-order valence-corrected chi connectivity index (χ2v) is 5.27. The van der Waals surface area contributed by atoms with Gasteiger partial charge in [0.05, 0.1) is 24.9 Å². The van der Waals surface area contributed by atoms with Gasteiger partial charge in [-0.2, -0.15) is 0 Å². The molecule has 2 aromatic rings. The third-order valence-corrected chi connectivity index (χ3v) is 3.60. The number of hydrogen-bond donors (Lipinski definition) is 1. The molecule has 0 heterocycles. The van der Waals surface area contributed by atoms with Crippen molar-refractivity contribution in [3.63, 3.8) is 0 Å². The zero-order valence-corrected chi connectivity index (χ0v) is 13.6. The Bertz CT molecular complexity index is 689. The average Bonchev–Trinajstić information content (AvgIpc) is 2.55. The fourth-order valence-corrected chi connectivity index (χ4v) is 2.31. The number of carbonyl (C=O) groups excluding carboxylic acids is 1. The molecule has 0 saturated carbocycles. The Hall–Kier alpha value is -2.27. The van der Waals surface area contributed by atoms with Crippen molar-refractivity contribution in [3.8, 4) is 11.5 Å². The second-order valence-electron chi connectivity index (χ2n) is 4.86. The van der Waals surface area contributed by atoms with E-state index < -0.39 is 0 Å². The van der Waals surface area contributed by atoms with Crippen molar-refractivity contribution in [3.05, 3.63) is 52.8 Å². The van der Waals surface area contributed by atoms with Crippen LogP contribution in [0.2, 0.25) is 5.02 Å². The fraction of sp³-hybridized carbons (Fsp3) is 0.235. The highest BCUT2D eigenvalue weighted by Gasteiger charge is 2.12. The molecule has 0 aliphatic heterocycles. The van der Waals surface area contributed by atoms with Crippen LogP contribution in [0.3, 0.4) is 0 Å². The number of aryl methyl sites for hydroxylation is 1. The summed E-state index contributed by atoms with van der Waals surface area (Å²) < 4.78 is 23.2. The lowest BCUT2D eigenvalue weighted by molar-refractivity contribution is -0.116. The summed E-state index contributed by atoms with van der Waals surface area (Å²) in [6.45, 7) is 0. The van der Waals surface area contributed by atoms with Crippen molar-refractivity contribution in [2.45, 2.75) is 12.8 Å². The summed E-state index contributed by atoms with van der Waals surface area (Å²) in [6.07, 6.45) is 0.777. The lowest BCUT2D eigenvalue weighted by Crippen LogP contribution is -2.13. The van der Waals surface area contributed by atoms with Gasteiger partial charge in [0.2, 0.25) is 5.91 Å². The normalized spacial score (nSPS) is 10.3. The smallest absolute Gasteiger partial charge is 0.224 e. The number of anilines is 1. The van der Waals surface area contributed by atoms with Crippen LogP contribution >= 0.6 is 11.6 Å². The number of ether oxygens (including phenoxy) is 2. The standard InChI is InChI=1S/C17H17ClFNO3/c1-22-15-10-14(16(23-2)9-13(15)18)20-17(21)8-5-11-3-6-12(19)7-4-11/h3-4,6-7,9-10H,5,8H2,1-2H3,(H,20,21). The van der Waals surface area contributed by atoms with Crippen molar-refractivity contribution < 1.29 is 18.7 Å². The van der Waals surface area contributed by atoms with Crippen molar-refractivity contribution in [1.82, 2.24) is 0 Å². The highest BCUT2D eigenvalue weighted by molar-refractivity contribution is 6.32. The van der Waals surface area contributed by atoms with Crippen LogP contribution < -0.4 is 14.8 Å². The molecule has 4 nitrogen and oxygen atoms in total. The van der Waals surface area contributed by atoms with E-state index in [0.29, 0.717) is 28.6 Å². The maximum Gasteiger partial charge on any atom is 0.224 e. The van der Waals surface area contributed by atoms with Crippen LogP contribution in [0.1, 0.15) is 12.0 Å². The molecule has 0 fully saturated rings. The van der Waals surface area contributed by atoms with Crippen LogP contribution in [0, 0.1) is 5.82 Å². The van der Waals surface area contributed by atoms with E-state index in [1.54, 1.807) is 24.3 Å². The van der Waals surface area contributed by atoms with E-state index in [9.17, 15) is 9.18 Å². The summed E-state index contributed by atoms with van der Waals surface area (Å²) in [5, 5.41) is 3.17. The zero-order valence-electron chi connectivity index (χ0n) is 12.9. The summed E-state index contributed by atoms with van der Waals surface area (Å²) in [6, 6.07) is 9.26. The van der Waals surface area contributed by atoms with Crippen molar-refractivity contribution in [1.29, 1.82) is 0 Å². The zero-order chi connectivity index (χ0) is 16.8. The maximum atomic E-state index is 12.8. The number of hydrogen-bond acceptors (Lipinski definition) is 3. The first kappa shape index (κ1) is 17.1. The molecule has 6 heteroatoms. The first-order valence-corrected chi connectivity index (χ1v) is 7.37. The summed E-state index contributed by atoms with van der Waals surface area (Å²) >= 11 is 6.02. The van der Waals surface area contributed by atoms with Gasteiger partial charge in [0.15, 0.2) is 0 Å². The molecule has 2 aromatic carbocycles. The third-order valence-electron chi connectivity index (χ3n) is 3.30. The number of halogens is 2. The van der Waals surface area contributed by atoms with Gasteiger partial charge in [0.1, 0.15) is 17.3 Å². The Balaban J connectivity index is 2.03. The average molecular weight is 338 g/mol. The molecule has 0 atom stereocenters. The Morgan fingerprint density at radius 2 is 1.78 bits per heavy atom. The molecule has 0 aromatic heterocycles. The molecule has 0 aliphatic rings. The first-order chi connectivity index (χ1) is 11.0. The molecule has 0 spiro atoms. The predicted molar refractivity (Wildman–Crippen MR) is 87.9 cm³/mol. The van der Waals surface area contributed by atoms with Crippen LogP contribution in [0.5, 0.6) is 11.5 Å². The molecule has 0 radical (unpaired) electrons. The molecule has 2 rings (SSSR count). The Kier molecular flexibility index (Phi) is 5.82. The topological polar surface area (TPSA) is 47.6 Å². The monoisotopic (exact) mass is 337 g/mol. The highest BCUT2D eigenvalue weighted by atomic mass is 35.5. The Morgan fingerprint density at radius 1 is 1.13 bits per heavy atom. The summed E-state index contributed by atoms with van der Waals surface area (Å²) in [5.74, 6) is 0.417. The van der Waals surface area contributed by atoms with E-state index in [0.717, 1.165) is 5.56 Å². The van der Waals surface area contributed by atoms with Crippen LogP contribution in [0.15, 0.2) is 36.4 Å². The summed E-state index contributed by atoms with van der Waals surface area (Å²) in [4.78, 5) is 12.1. The number of nitrogens with one attached hydrogen (secondary N) is 1. The minimum absolute atomic E-state index is 0.183. The van der Waals surface area contributed by atoms with Crippen LogP contribution in [0.25, 0.3) is 0 Å². The van der Waals surface area contributed by atoms with E-state index in [4.69, 9.17) is 21.1 Å². The lowest BCUT2D eigenvalue weighted by atomic mass is 10.1. The van der Waals surface area contributed by atoms with E-state index in [1.807, 2.05) is 0 Å². The summed E-state index contributed by atoms with van der Waals surface area (Å²) in [7, 11) is 2.99. The lowest BCUT2D eigenvalue weighted by Gasteiger charge is -2.13. The molecule has 122 valence electrons. The van der Waals surface area contributed by atoms with Gasteiger partial charge in [-0.15, -0.1) is 0 Å². The molecule has 0 saturated heterocycles. The number of amides is 1. The van der Waals surface area contributed by atoms with Gasteiger partial charge in [-0.25, -0.2) is 4.39 Å². The quantitative estimate of drug-likeness (QED) is 0.864. The van der Waals surface area contributed by atoms with E-state index in [2.05, 4.69) is 5.32 Å². The third kappa shape index (κ3) is 4.60. The highest BCUT2D eigenvalue weighted by Crippen LogP contribution is 2.35. The van der Waals surface area contributed by atoms with Crippen LogP contribution in [0.4, 0.5) is 10.1 Å². The molecular weight excluding hydrogens is 321 g/mol. The van der Waals surface area contributed by atoms with Gasteiger partial charge in [0.25, 0.3) is 0 Å². The number of rotatable bonds is 6. The van der Waals surface area contributed by atoms with Crippen LogP contribution in [-0.2, 0) is 11.2 Å². The number of benzene rings is 2. The second kappa shape index (κ2) is 7.83. The van der Waals surface area contributed by atoms with Gasteiger partial charge < -0.3 is 14.8 Å². The van der Waals surface area contributed by atoms with E-state index in [1.165, 1.54) is 26.4 Å². The Morgan fingerprint density at radius 3 is 2.39 bits per heavy atom. The van der Waals surface area contributed by atoms with Crippen molar-refractivity contribution in [2.24, 2.45) is 0 Å². The fourth-order valence-electron chi connectivity index (χ4n) is 2.08. The van der Waals surface area contributed by atoms with E-state index >= 15 is 0 Å². The van der Waals surface area contributed by atoms with Gasteiger partial charge in [-0.05, 0) is 24.1 Å². The van der Waals surface area contributed by atoms with Gasteiger partial charge in [-0.3, -0.25) is 4.79 Å². The molecule has 1 amide bonds. The number of methoxy groups -OCH3 is 2. The van der Waals surface area contributed by atoms with Crippen molar-refractivity contribution >= 4 is 23.2 Å². The number of carbonyl (C=O) groups is 1. The van der Waals surface area contributed by atoms with Crippen molar-refractivity contribution in [2.75, 3.05) is 19.5 Å². The first-order valence-electron chi connectivity index (χ1n) is 6.99. The molecule has 0 bridgehead atoms. The minimum Gasteiger partial charge on any atom is -0.495 e.